The summed E-state index contributed by atoms with van der Waals surface area (Å²) in [6.45, 7) is 2.08. The van der Waals surface area contributed by atoms with Gasteiger partial charge in [-0.3, -0.25) is 0 Å². The van der Waals surface area contributed by atoms with Crippen LogP contribution in [0.5, 0.6) is 0 Å². The first kappa shape index (κ1) is 15.1. The molecule has 1 aromatic heterocycles. The Labute approximate surface area is 144 Å². The van der Waals surface area contributed by atoms with Crippen molar-refractivity contribution in [3.8, 4) is 0 Å². The number of aromatic nitrogens is 2. The molecule has 1 unspecified atom stereocenters. The Balaban J connectivity index is 1.71. The fourth-order valence-corrected chi connectivity index (χ4v) is 3.89. The Morgan fingerprint density at radius 2 is 2.04 bits per heavy atom. The Kier molecular flexibility index (Phi) is 3.85. The highest BCUT2D eigenvalue weighted by Gasteiger charge is 2.34. The minimum atomic E-state index is -0.421. The molecule has 1 fully saturated rings. The maximum Gasteiger partial charge on any atom is 0.149 e. The maximum absolute atomic E-state index is 10.5. The number of fused-ring (bicyclic) bond motifs is 1. The standard InChI is InChI=1S/C18H20BrN3O/c1-2-13-17(19)21-15(10-7-8-10)18(20-13)22-16-12-6-4-3-5-11(12)9-14(16)23/h3-6,10,14,16,23H,2,7-9H2,1H3,(H,20,22)/t14-,16?/m0/s1. The van der Waals surface area contributed by atoms with E-state index in [1.165, 1.54) is 24.0 Å². The van der Waals surface area contributed by atoms with E-state index in [2.05, 4.69) is 40.3 Å². The Hall–Kier alpha value is -1.46. The van der Waals surface area contributed by atoms with Crippen LogP contribution in [-0.2, 0) is 12.8 Å². The Bertz CT molecular complexity index is 745. The van der Waals surface area contributed by atoms with Crippen molar-refractivity contribution in [1.82, 2.24) is 9.97 Å². The molecule has 0 spiro atoms. The van der Waals surface area contributed by atoms with Crippen LogP contribution < -0.4 is 5.32 Å². The summed E-state index contributed by atoms with van der Waals surface area (Å²) < 4.78 is 0.847. The zero-order valence-electron chi connectivity index (χ0n) is 13.1. The molecule has 2 atom stereocenters. The lowest BCUT2D eigenvalue weighted by atomic mass is 10.1. The van der Waals surface area contributed by atoms with Gasteiger partial charge in [-0.05, 0) is 46.3 Å². The van der Waals surface area contributed by atoms with Crippen molar-refractivity contribution >= 4 is 21.7 Å². The SMILES string of the molecule is CCc1nc(NC2c3ccccc3C[C@@H]2O)c(C2CC2)nc1Br. The third kappa shape index (κ3) is 2.76. The van der Waals surface area contributed by atoms with Gasteiger partial charge in [0, 0.05) is 12.3 Å². The summed E-state index contributed by atoms with van der Waals surface area (Å²) in [5.74, 6) is 1.34. The van der Waals surface area contributed by atoms with Crippen LogP contribution in [0.2, 0.25) is 0 Å². The molecule has 0 amide bonds. The highest BCUT2D eigenvalue weighted by Crippen LogP contribution is 2.44. The van der Waals surface area contributed by atoms with E-state index in [9.17, 15) is 5.11 Å². The van der Waals surface area contributed by atoms with Gasteiger partial charge in [-0.1, -0.05) is 31.2 Å². The van der Waals surface area contributed by atoms with Gasteiger partial charge in [-0.25, -0.2) is 9.97 Å². The van der Waals surface area contributed by atoms with Crippen molar-refractivity contribution in [3.05, 3.63) is 51.4 Å². The Morgan fingerprint density at radius 3 is 2.78 bits per heavy atom. The van der Waals surface area contributed by atoms with E-state index in [-0.39, 0.29) is 6.04 Å². The summed E-state index contributed by atoms with van der Waals surface area (Å²) >= 11 is 3.54. The van der Waals surface area contributed by atoms with E-state index in [0.29, 0.717) is 12.3 Å². The van der Waals surface area contributed by atoms with E-state index in [4.69, 9.17) is 9.97 Å². The first-order chi connectivity index (χ1) is 11.2. The van der Waals surface area contributed by atoms with Gasteiger partial charge < -0.3 is 10.4 Å². The van der Waals surface area contributed by atoms with Gasteiger partial charge in [0.1, 0.15) is 10.4 Å². The molecule has 0 saturated heterocycles. The largest absolute Gasteiger partial charge is 0.390 e. The second-order valence-corrected chi connectivity index (χ2v) is 7.17. The number of aliphatic hydroxyl groups is 1. The van der Waals surface area contributed by atoms with Gasteiger partial charge in [0.05, 0.1) is 23.5 Å². The average molecular weight is 374 g/mol. The summed E-state index contributed by atoms with van der Waals surface area (Å²) in [6, 6.07) is 8.12. The van der Waals surface area contributed by atoms with Crippen LogP contribution in [0.15, 0.2) is 28.9 Å². The second kappa shape index (κ2) is 5.87. The number of hydrogen-bond acceptors (Lipinski definition) is 4. The smallest absolute Gasteiger partial charge is 0.149 e. The zero-order chi connectivity index (χ0) is 16.0. The van der Waals surface area contributed by atoms with Crippen LogP contribution in [0.25, 0.3) is 0 Å². The number of aryl methyl sites for hydroxylation is 1. The highest BCUT2D eigenvalue weighted by molar-refractivity contribution is 9.10. The molecule has 2 aliphatic rings. The lowest BCUT2D eigenvalue weighted by Crippen LogP contribution is -2.23. The van der Waals surface area contributed by atoms with Crippen LogP contribution in [0.3, 0.4) is 0 Å². The quantitative estimate of drug-likeness (QED) is 0.856. The van der Waals surface area contributed by atoms with Gasteiger partial charge >= 0.3 is 0 Å². The highest BCUT2D eigenvalue weighted by atomic mass is 79.9. The van der Waals surface area contributed by atoms with Crippen LogP contribution in [-0.4, -0.2) is 21.2 Å². The Morgan fingerprint density at radius 1 is 1.26 bits per heavy atom. The van der Waals surface area contributed by atoms with Crippen molar-refractivity contribution in [2.24, 2.45) is 0 Å². The van der Waals surface area contributed by atoms with Gasteiger partial charge in [0.25, 0.3) is 0 Å². The third-order valence-corrected chi connectivity index (χ3v) is 5.38. The lowest BCUT2D eigenvalue weighted by molar-refractivity contribution is 0.165. The van der Waals surface area contributed by atoms with Crippen molar-refractivity contribution in [2.75, 3.05) is 5.32 Å². The van der Waals surface area contributed by atoms with Crippen LogP contribution in [0.1, 0.15) is 54.2 Å². The first-order valence-electron chi connectivity index (χ1n) is 8.26. The van der Waals surface area contributed by atoms with Crippen molar-refractivity contribution in [1.29, 1.82) is 0 Å². The van der Waals surface area contributed by atoms with Crippen molar-refractivity contribution in [2.45, 2.75) is 50.7 Å². The number of halogens is 1. The summed E-state index contributed by atoms with van der Waals surface area (Å²) in [5.41, 5.74) is 4.37. The average Bonchev–Trinajstić information content (AvgIpc) is 3.34. The predicted octanol–water partition coefficient (Wildman–Crippen LogP) is 3.75. The number of anilines is 1. The molecule has 1 aromatic carbocycles. The summed E-state index contributed by atoms with van der Waals surface area (Å²) in [4.78, 5) is 9.53. The van der Waals surface area contributed by atoms with E-state index >= 15 is 0 Å². The minimum Gasteiger partial charge on any atom is -0.390 e. The molecule has 5 heteroatoms. The number of benzene rings is 1. The molecule has 120 valence electrons. The second-order valence-electron chi connectivity index (χ2n) is 6.42. The van der Waals surface area contributed by atoms with Crippen LogP contribution in [0, 0.1) is 0 Å². The minimum absolute atomic E-state index is 0.108. The fourth-order valence-electron chi connectivity index (χ4n) is 3.33. The summed E-state index contributed by atoms with van der Waals surface area (Å²) in [6.07, 6.45) is 3.44. The van der Waals surface area contributed by atoms with Gasteiger partial charge in [0.2, 0.25) is 0 Å². The van der Waals surface area contributed by atoms with E-state index in [1.807, 2.05) is 12.1 Å². The van der Waals surface area contributed by atoms with Crippen molar-refractivity contribution < 1.29 is 5.11 Å². The maximum atomic E-state index is 10.5. The van der Waals surface area contributed by atoms with Gasteiger partial charge in [-0.15, -0.1) is 0 Å². The van der Waals surface area contributed by atoms with E-state index < -0.39 is 6.10 Å². The fraction of sp³-hybridized carbons (Fsp3) is 0.444. The monoisotopic (exact) mass is 373 g/mol. The molecule has 2 N–H and O–H groups in total. The van der Waals surface area contributed by atoms with Gasteiger partial charge in [-0.2, -0.15) is 0 Å². The molecule has 1 heterocycles. The summed E-state index contributed by atoms with van der Waals surface area (Å²) in [7, 11) is 0. The molecule has 2 aromatic rings. The molecule has 23 heavy (non-hydrogen) atoms. The van der Waals surface area contributed by atoms with Crippen LogP contribution in [0.4, 0.5) is 5.82 Å². The molecule has 2 aliphatic carbocycles. The molecule has 0 radical (unpaired) electrons. The van der Waals surface area contributed by atoms with Crippen molar-refractivity contribution in [3.63, 3.8) is 0 Å². The molecule has 0 aliphatic heterocycles. The lowest BCUT2D eigenvalue weighted by Gasteiger charge is -2.21. The van der Waals surface area contributed by atoms with E-state index in [0.717, 1.165) is 28.2 Å². The number of rotatable bonds is 4. The van der Waals surface area contributed by atoms with Crippen LogP contribution >= 0.6 is 15.9 Å². The predicted molar refractivity (Wildman–Crippen MR) is 93.6 cm³/mol. The molecule has 4 nitrogen and oxygen atoms in total. The zero-order valence-corrected chi connectivity index (χ0v) is 14.7. The number of nitrogens with zero attached hydrogens (tertiary/aromatic N) is 2. The normalized spacial score (nSPS) is 22.9. The van der Waals surface area contributed by atoms with Gasteiger partial charge in [0.15, 0.2) is 0 Å². The molecular formula is C18H20BrN3O. The number of nitrogens with one attached hydrogen (secondary N) is 1. The first-order valence-corrected chi connectivity index (χ1v) is 9.05. The van der Waals surface area contributed by atoms with E-state index in [1.54, 1.807) is 0 Å². The third-order valence-electron chi connectivity index (χ3n) is 4.74. The molecule has 1 saturated carbocycles. The molecular weight excluding hydrogens is 354 g/mol. The molecule has 0 bridgehead atoms. The number of aliphatic hydroxyl groups excluding tert-OH is 1. The topological polar surface area (TPSA) is 58.0 Å². The summed E-state index contributed by atoms with van der Waals surface area (Å²) in [5, 5.41) is 14.0. The number of hydrogen-bond donors (Lipinski definition) is 2. The molecule has 4 rings (SSSR count).